The van der Waals surface area contributed by atoms with Crippen LogP contribution in [0.5, 0.6) is 0 Å². The van der Waals surface area contributed by atoms with Crippen molar-refractivity contribution in [2.24, 2.45) is 5.92 Å². The van der Waals surface area contributed by atoms with Gasteiger partial charge in [-0.1, -0.05) is 74.6 Å². The fraction of sp³-hybridized carbons (Fsp3) is 0.417. The number of alkyl halides is 3. The summed E-state index contributed by atoms with van der Waals surface area (Å²) in [6.45, 7) is 1.79. The number of nitrogens with one attached hydrogen (secondary N) is 2. The number of anilines is 2. The number of hydrogen-bond donors (Lipinski definition) is 2. The molecule has 1 saturated carbocycles. The molecule has 0 unspecified atom stereocenters. The molecule has 1 amide bonds. The van der Waals surface area contributed by atoms with Crippen molar-refractivity contribution in [3.05, 3.63) is 102 Å². The second-order valence-corrected chi connectivity index (χ2v) is 12.5. The Morgan fingerprint density at radius 1 is 0.870 bits per heavy atom. The van der Waals surface area contributed by atoms with Crippen LogP contribution >= 0.6 is 0 Å². The molecule has 242 valence electrons. The molecule has 46 heavy (non-hydrogen) atoms. The van der Waals surface area contributed by atoms with Gasteiger partial charge in [-0.2, -0.15) is 23.1 Å². The first-order valence-corrected chi connectivity index (χ1v) is 16.3. The number of carbonyl (C=O) groups is 1. The first-order chi connectivity index (χ1) is 22.3. The third-order valence-electron chi connectivity index (χ3n) is 9.30. The lowest BCUT2D eigenvalue weighted by atomic mass is 9.84. The molecule has 2 aliphatic rings. The lowest BCUT2D eigenvalue weighted by Crippen LogP contribution is -2.41. The summed E-state index contributed by atoms with van der Waals surface area (Å²) in [7, 11) is 0. The molecule has 7 nitrogen and oxygen atoms in total. The van der Waals surface area contributed by atoms with Crippen LogP contribution in [0.4, 0.5) is 24.9 Å². The largest absolute Gasteiger partial charge is 0.416 e. The Kier molecular flexibility index (Phi) is 9.90. The van der Waals surface area contributed by atoms with Crippen LogP contribution in [0.2, 0.25) is 0 Å². The van der Waals surface area contributed by atoms with E-state index in [4.69, 9.17) is 9.97 Å². The van der Waals surface area contributed by atoms with Gasteiger partial charge in [0.1, 0.15) is 17.7 Å². The molecule has 4 aromatic rings. The Morgan fingerprint density at radius 3 is 2.24 bits per heavy atom. The van der Waals surface area contributed by atoms with Gasteiger partial charge in [0.15, 0.2) is 0 Å². The molecule has 1 saturated heterocycles. The lowest BCUT2D eigenvalue weighted by molar-refractivity contribution is -0.137. The summed E-state index contributed by atoms with van der Waals surface area (Å²) in [5.41, 5.74) is 1.26. The highest BCUT2D eigenvalue weighted by Crippen LogP contribution is 2.32. The van der Waals surface area contributed by atoms with E-state index in [9.17, 15) is 18.0 Å². The molecule has 2 fully saturated rings. The number of hydrogen-bond acceptors (Lipinski definition) is 5. The van der Waals surface area contributed by atoms with Gasteiger partial charge in [-0.3, -0.25) is 4.79 Å². The normalized spacial score (nSPS) is 17.1. The highest BCUT2D eigenvalue weighted by atomic mass is 19.4. The van der Waals surface area contributed by atoms with Crippen molar-refractivity contribution in [2.45, 2.75) is 76.0 Å². The van der Waals surface area contributed by atoms with Crippen molar-refractivity contribution in [3.8, 4) is 5.82 Å². The van der Waals surface area contributed by atoms with E-state index in [1.54, 1.807) is 0 Å². The van der Waals surface area contributed by atoms with Crippen LogP contribution in [0.25, 0.3) is 5.82 Å². The van der Waals surface area contributed by atoms with Crippen molar-refractivity contribution in [1.29, 1.82) is 0 Å². The Morgan fingerprint density at radius 2 is 1.57 bits per heavy atom. The summed E-state index contributed by atoms with van der Waals surface area (Å²) in [5.74, 6) is 2.62. The number of halogens is 3. The zero-order valence-electron chi connectivity index (χ0n) is 25.9. The number of rotatable bonds is 10. The summed E-state index contributed by atoms with van der Waals surface area (Å²) in [6, 6.07) is 20.7. The van der Waals surface area contributed by atoms with E-state index < -0.39 is 17.8 Å². The average molecular weight is 631 g/mol. The first kappa shape index (κ1) is 31.6. The number of carbonyl (C=O) groups excluding carboxylic acids is 1. The molecule has 0 bridgehead atoms. The Labute approximate surface area is 268 Å². The molecule has 0 radical (unpaired) electrons. The number of nitrogens with zero attached hydrogens (tertiary/aromatic N) is 4. The van der Waals surface area contributed by atoms with Crippen molar-refractivity contribution in [1.82, 2.24) is 19.9 Å². The zero-order chi connectivity index (χ0) is 31.9. The van der Waals surface area contributed by atoms with Gasteiger partial charge in [-0.15, -0.1) is 0 Å². The number of benzene rings is 2. The van der Waals surface area contributed by atoms with Gasteiger partial charge in [0.25, 0.3) is 0 Å². The van der Waals surface area contributed by atoms with Crippen LogP contribution in [0.1, 0.15) is 74.0 Å². The van der Waals surface area contributed by atoms with E-state index in [-0.39, 0.29) is 12.5 Å². The molecule has 1 aliphatic heterocycles. The third-order valence-corrected chi connectivity index (χ3v) is 9.30. The smallest absolute Gasteiger partial charge is 0.358 e. The molecule has 1 atom stereocenters. The molecule has 2 aromatic carbocycles. The Bertz CT molecular complexity index is 1550. The van der Waals surface area contributed by atoms with E-state index >= 15 is 0 Å². The van der Waals surface area contributed by atoms with E-state index in [0.717, 1.165) is 63.7 Å². The van der Waals surface area contributed by atoms with Gasteiger partial charge < -0.3 is 20.1 Å². The number of amides is 1. The molecular formula is C36H41F3N6O. The van der Waals surface area contributed by atoms with E-state index in [1.165, 1.54) is 24.1 Å². The van der Waals surface area contributed by atoms with Crippen LogP contribution < -0.4 is 15.5 Å². The standard InChI is InChI=1S/C36H41F3N6O/c37-36(38,39)30-15-13-27(14-16-30)25-40-34(46)31(23-26-9-3-1-4-10-26)41-32-24-33(44-19-7-8-20-44)43-35(42-32)45-21-17-29(18-22-45)28-11-5-2-6-12-28/h2,5-8,11-16,19-20,24,26,29,31H,1,3-4,9-10,17-18,21-23,25H2,(H,40,46)(H,41,42,43)/t31-/m1/s1. The minimum atomic E-state index is -4.40. The van der Waals surface area contributed by atoms with Gasteiger partial charge in [-0.25, -0.2) is 0 Å². The quantitative estimate of drug-likeness (QED) is 0.188. The molecule has 2 aromatic heterocycles. The summed E-state index contributed by atoms with van der Waals surface area (Å²) < 4.78 is 41.0. The average Bonchev–Trinajstić information content (AvgIpc) is 3.63. The highest BCUT2D eigenvalue weighted by Gasteiger charge is 2.30. The van der Waals surface area contributed by atoms with E-state index in [2.05, 4.69) is 39.8 Å². The number of aromatic nitrogens is 3. The maximum absolute atomic E-state index is 13.7. The minimum Gasteiger partial charge on any atom is -0.358 e. The van der Waals surface area contributed by atoms with Crippen LogP contribution in [-0.2, 0) is 17.5 Å². The summed E-state index contributed by atoms with van der Waals surface area (Å²) >= 11 is 0. The van der Waals surface area contributed by atoms with Gasteiger partial charge in [0.05, 0.1) is 5.56 Å². The maximum atomic E-state index is 13.7. The Balaban J connectivity index is 1.20. The maximum Gasteiger partial charge on any atom is 0.416 e. The fourth-order valence-electron chi connectivity index (χ4n) is 6.69. The second-order valence-electron chi connectivity index (χ2n) is 12.5. The number of piperidine rings is 1. The van der Waals surface area contributed by atoms with Crippen molar-refractivity contribution >= 4 is 17.7 Å². The van der Waals surface area contributed by atoms with Gasteiger partial charge in [0, 0.05) is 38.1 Å². The predicted octanol–water partition coefficient (Wildman–Crippen LogP) is 7.74. The first-order valence-electron chi connectivity index (χ1n) is 16.3. The van der Waals surface area contributed by atoms with Gasteiger partial charge >= 0.3 is 6.18 Å². The molecule has 0 spiro atoms. The molecule has 3 heterocycles. The van der Waals surface area contributed by atoms with Crippen LogP contribution in [0.15, 0.2) is 85.2 Å². The second kappa shape index (κ2) is 14.4. The monoisotopic (exact) mass is 630 g/mol. The fourth-order valence-corrected chi connectivity index (χ4v) is 6.69. The summed E-state index contributed by atoms with van der Waals surface area (Å²) in [5, 5.41) is 6.42. The summed E-state index contributed by atoms with van der Waals surface area (Å²) in [4.78, 5) is 25.8. The highest BCUT2D eigenvalue weighted by molar-refractivity contribution is 5.84. The Hall–Kier alpha value is -4.34. The molecule has 2 N–H and O–H groups in total. The third kappa shape index (κ3) is 8.08. The minimum absolute atomic E-state index is 0.139. The molecule has 10 heteroatoms. The van der Waals surface area contributed by atoms with Crippen LogP contribution in [0.3, 0.4) is 0 Å². The topological polar surface area (TPSA) is 75.1 Å². The van der Waals surface area contributed by atoms with Crippen molar-refractivity contribution < 1.29 is 18.0 Å². The molecule has 6 rings (SSSR count). The van der Waals surface area contributed by atoms with E-state index in [0.29, 0.717) is 41.4 Å². The lowest BCUT2D eigenvalue weighted by Gasteiger charge is -2.33. The predicted molar refractivity (Wildman–Crippen MR) is 174 cm³/mol. The van der Waals surface area contributed by atoms with Crippen molar-refractivity contribution in [2.75, 3.05) is 23.3 Å². The van der Waals surface area contributed by atoms with E-state index in [1.807, 2.05) is 41.2 Å². The SMILES string of the molecule is O=C(NCc1ccc(C(F)(F)F)cc1)[C@@H](CC1CCCCC1)Nc1cc(-n2cccc2)nc(N2CCC(c3ccccc3)CC2)n1. The van der Waals surface area contributed by atoms with Crippen LogP contribution in [-0.4, -0.2) is 39.6 Å². The van der Waals surface area contributed by atoms with Gasteiger partial charge in [-0.05, 0) is 66.5 Å². The van der Waals surface area contributed by atoms with Crippen LogP contribution in [0, 0.1) is 5.92 Å². The summed E-state index contributed by atoms with van der Waals surface area (Å²) in [6.07, 6.45) is 7.80. The van der Waals surface area contributed by atoms with Crippen molar-refractivity contribution in [3.63, 3.8) is 0 Å². The molecule has 1 aliphatic carbocycles. The molecular weight excluding hydrogens is 589 g/mol. The zero-order valence-corrected chi connectivity index (χ0v) is 25.9. The van der Waals surface area contributed by atoms with Gasteiger partial charge in [0.2, 0.25) is 11.9 Å².